The molecule has 3 N–H and O–H groups in total. The van der Waals surface area contributed by atoms with E-state index < -0.39 is 31.4 Å². The molecule has 0 aliphatic carbocycles. The Balaban J connectivity index is 2.05. The minimum Gasteiger partial charge on any atom is -0.481 e. The fourth-order valence-corrected chi connectivity index (χ4v) is 4.63. The number of hydrogen-bond donors (Lipinski definition) is 3. The van der Waals surface area contributed by atoms with Crippen LogP contribution in [0.1, 0.15) is 18.4 Å². The summed E-state index contributed by atoms with van der Waals surface area (Å²) in [4.78, 5) is 32.0. The van der Waals surface area contributed by atoms with Gasteiger partial charge in [0.05, 0.1) is 5.92 Å². The average Bonchev–Trinajstić information content (AvgIpc) is 2.56. The molecule has 6 nitrogen and oxygen atoms in total. The molecule has 0 saturated carbocycles. The third kappa shape index (κ3) is 5.69. The quantitative estimate of drug-likeness (QED) is 0.589. The van der Waals surface area contributed by atoms with Gasteiger partial charge < -0.3 is 15.1 Å². The summed E-state index contributed by atoms with van der Waals surface area (Å²) in [6.07, 6.45) is -0.553. The molecular formula is C18H21O6P. The van der Waals surface area contributed by atoms with Crippen molar-refractivity contribution in [2.75, 3.05) is 12.3 Å². The van der Waals surface area contributed by atoms with E-state index in [4.69, 9.17) is 10.2 Å². The molecular weight excluding hydrogens is 343 g/mol. The lowest BCUT2D eigenvalue weighted by atomic mass is 10.0. The Kier molecular flexibility index (Phi) is 6.34. The van der Waals surface area contributed by atoms with Gasteiger partial charge in [0, 0.05) is 18.7 Å². The summed E-state index contributed by atoms with van der Waals surface area (Å²) >= 11 is 0. The van der Waals surface area contributed by atoms with Gasteiger partial charge in [-0.15, -0.1) is 0 Å². The van der Waals surface area contributed by atoms with Crippen molar-refractivity contribution in [3.63, 3.8) is 0 Å². The van der Waals surface area contributed by atoms with E-state index in [1.807, 2.05) is 42.5 Å². The smallest absolute Gasteiger partial charge is 0.307 e. The topological polar surface area (TPSA) is 112 Å². The van der Waals surface area contributed by atoms with E-state index in [0.29, 0.717) is 6.42 Å². The Morgan fingerprint density at radius 1 is 1.04 bits per heavy atom. The van der Waals surface area contributed by atoms with E-state index in [1.165, 1.54) is 0 Å². The number of aryl methyl sites for hydroxylation is 1. The highest BCUT2D eigenvalue weighted by atomic mass is 31.2. The Bertz CT molecular complexity index is 811. The Hall–Kier alpha value is -2.17. The standard InChI is InChI=1S/C18H21O6P/c19-17(20)9-8-15(18(21)22)12-25(23,24)11-10-14-6-3-5-13-4-1-2-7-16(13)14/h1-7,15H,8-12H2,(H,19,20)(H,21,22)(H,23,24). The van der Waals surface area contributed by atoms with E-state index in [9.17, 15) is 19.0 Å². The maximum atomic E-state index is 12.4. The predicted molar refractivity (Wildman–Crippen MR) is 95.2 cm³/mol. The van der Waals surface area contributed by atoms with Crippen LogP contribution in [0.4, 0.5) is 0 Å². The molecule has 0 aromatic heterocycles. The maximum Gasteiger partial charge on any atom is 0.307 e. The summed E-state index contributed by atoms with van der Waals surface area (Å²) in [6, 6.07) is 13.5. The fourth-order valence-electron chi connectivity index (χ4n) is 2.83. The summed E-state index contributed by atoms with van der Waals surface area (Å²) in [6.45, 7) is 0. The first-order valence-corrected chi connectivity index (χ1v) is 10.0. The van der Waals surface area contributed by atoms with Gasteiger partial charge in [0.2, 0.25) is 7.37 Å². The summed E-state index contributed by atoms with van der Waals surface area (Å²) in [7, 11) is -3.68. The molecule has 0 aliphatic heterocycles. The molecule has 0 amide bonds. The van der Waals surface area contributed by atoms with E-state index in [-0.39, 0.29) is 19.0 Å². The van der Waals surface area contributed by atoms with Gasteiger partial charge in [-0.1, -0.05) is 42.5 Å². The number of aliphatic carboxylic acids is 2. The minimum atomic E-state index is -3.68. The van der Waals surface area contributed by atoms with Crippen LogP contribution in [-0.2, 0) is 20.6 Å². The molecule has 2 rings (SSSR count). The third-order valence-electron chi connectivity index (χ3n) is 4.17. The van der Waals surface area contributed by atoms with Gasteiger partial charge in [0.15, 0.2) is 0 Å². The predicted octanol–water partition coefficient (Wildman–Crippen LogP) is 3.22. The summed E-state index contributed by atoms with van der Waals surface area (Å²) in [5.74, 6) is -3.48. The van der Waals surface area contributed by atoms with E-state index in [1.54, 1.807) is 0 Å². The van der Waals surface area contributed by atoms with Gasteiger partial charge in [-0.2, -0.15) is 0 Å². The highest BCUT2D eigenvalue weighted by Gasteiger charge is 2.29. The summed E-state index contributed by atoms with van der Waals surface area (Å²) in [5.41, 5.74) is 0.935. The largest absolute Gasteiger partial charge is 0.481 e. The molecule has 134 valence electrons. The second kappa shape index (κ2) is 8.28. The number of carboxylic acid groups (broad SMARTS) is 2. The van der Waals surface area contributed by atoms with Crippen molar-refractivity contribution in [1.82, 2.24) is 0 Å². The van der Waals surface area contributed by atoms with Crippen LogP contribution in [0.2, 0.25) is 0 Å². The lowest BCUT2D eigenvalue weighted by molar-refractivity contribution is -0.142. The summed E-state index contributed by atoms with van der Waals surface area (Å²) < 4.78 is 12.4. The molecule has 7 heteroatoms. The van der Waals surface area contributed by atoms with Gasteiger partial charge in [-0.3, -0.25) is 14.2 Å². The zero-order valence-corrected chi connectivity index (χ0v) is 14.6. The van der Waals surface area contributed by atoms with Crippen LogP contribution >= 0.6 is 7.37 Å². The van der Waals surface area contributed by atoms with Gasteiger partial charge in [0.1, 0.15) is 0 Å². The van der Waals surface area contributed by atoms with Crippen molar-refractivity contribution < 1.29 is 29.3 Å². The van der Waals surface area contributed by atoms with Crippen molar-refractivity contribution in [3.05, 3.63) is 48.0 Å². The molecule has 25 heavy (non-hydrogen) atoms. The van der Waals surface area contributed by atoms with Crippen molar-refractivity contribution in [2.45, 2.75) is 19.3 Å². The van der Waals surface area contributed by atoms with Crippen LogP contribution < -0.4 is 0 Å². The van der Waals surface area contributed by atoms with Crippen LogP contribution in [-0.4, -0.2) is 39.4 Å². The average molecular weight is 364 g/mol. The molecule has 0 spiro atoms. The zero-order chi connectivity index (χ0) is 18.4. The highest BCUT2D eigenvalue weighted by Crippen LogP contribution is 2.44. The van der Waals surface area contributed by atoms with Crippen molar-refractivity contribution in [3.8, 4) is 0 Å². The third-order valence-corrected chi connectivity index (χ3v) is 6.11. The monoisotopic (exact) mass is 364 g/mol. The van der Waals surface area contributed by atoms with E-state index in [0.717, 1.165) is 16.3 Å². The normalized spacial score (nSPS) is 14.8. The van der Waals surface area contributed by atoms with Crippen molar-refractivity contribution in [1.29, 1.82) is 0 Å². The zero-order valence-electron chi connectivity index (χ0n) is 13.7. The first-order valence-electron chi connectivity index (χ1n) is 8.00. The van der Waals surface area contributed by atoms with E-state index in [2.05, 4.69) is 0 Å². The number of carbonyl (C=O) groups is 2. The van der Waals surface area contributed by atoms with Crippen LogP contribution in [0, 0.1) is 5.92 Å². The first kappa shape index (κ1) is 19.2. The molecule has 0 bridgehead atoms. The number of hydrogen-bond acceptors (Lipinski definition) is 3. The maximum absolute atomic E-state index is 12.4. The van der Waals surface area contributed by atoms with Gasteiger partial charge in [0.25, 0.3) is 0 Å². The van der Waals surface area contributed by atoms with Crippen molar-refractivity contribution >= 4 is 30.1 Å². The number of rotatable bonds is 9. The van der Waals surface area contributed by atoms with Gasteiger partial charge >= 0.3 is 11.9 Å². The second-order valence-corrected chi connectivity index (χ2v) is 8.61. The molecule has 2 unspecified atom stereocenters. The van der Waals surface area contributed by atoms with Gasteiger partial charge in [-0.05, 0) is 29.2 Å². The highest BCUT2D eigenvalue weighted by molar-refractivity contribution is 7.58. The van der Waals surface area contributed by atoms with E-state index >= 15 is 0 Å². The number of benzene rings is 2. The van der Waals surface area contributed by atoms with Crippen LogP contribution in [0.25, 0.3) is 10.8 Å². The molecule has 0 fully saturated rings. The molecule has 2 aromatic rings. The Morgan fingerprint density at radius 2 is 1.72 bits per heavy atom. The second-order valence-electron chi connectivity index (χ2n) is 6.11. The lowest BCUT2D eigenvalue weighted by Gasteiger charge is -2.17. The molecule has 0 aliphatic rings. The number of carboxylic acids is 2. The SMILES string of the molecule is O=C(O)CCC(CP(=O)(O)CCc1cccc2ccccc12)C(=O)O. The minimum absolute atomic E-state index is 0.0299. The van der Waals surface area contributed by atoms with Crippen LogP contribution in [0.15, 0.2) is 42.5 Å². The molecule has 2 atom stereocenters. The first-order chi connectivity index (χ1) is 11.8. The summed E-state index contributed by atoms with van der Waals surface area (Å²) in [5, 5.41) is 19.9. The Morgan fingerprint density at radius 3 is 2.40 bits per heavy atom. The van der Waals surface area contributed by atoms with Crippen LogP contribution in [0.5, 0.6) is 0 Å². The Labute approximate surface area is 145 Å². The number of fused-ring (bicyclic) bond motifs is 1. The van der Waals surface area contributed by atoms with Crippen molar-refractivity contribution in [2.24, 2.45) is 5.92 Å². The molecule has 0 saturated heterocycles. The molecule has 2 aromatic carbocycles. The fraction of sp³-hybridized carbons (Fsp3) is 0.333. The molecule has 0 heterocycles. The van der Waals surface area contributed by atoms with Gasteiger partial charge in [-0.25, -0.2) is 0 Å². The molecule has 0 radical (unpaired) electrons. The lowest BCUT2D eigenvalue weighted by Crippen LogP contribution is -2.20. The van der Waals surface area contributed by atoms with Crippen LogP contribution in [0.3, 0.4) is 0 Å².